The van der Waals surface area contributed by atoms with Crippen molar-refractivity contribution in [1.82, 2.24) is 0 Å². The predicted molar refractivity (Wildman–Crippen MR) is 99.8 cm³/mol. The highest BCUT2D eigenvalue weighted by molar-refractivity contribution is 5.65. The lowest BCUT2D eigenvalue weighted by atomic mass is 9.90. The van der Waals surface area contributed by atoms with Crippen molar-refractivity contribution >= 4 is 12.3 Å². The first kappa shape index (κ1) is 19.5. The summed E-state index contributed by atoms with van der Waals surface area (Å²) in [6.45, 7) is 4.37. The minimum atomic E-state index is -0.745. The van der Waals surface area contributed by atoms with E-state index in [0.717, 1.165) is 11.1 Å². The van der Waals surface area contributed by atoms with Crippen LogP contribution in [0.1, 0.15) is 30.9 Å². The highest BCUT2D eigenvalue weighted by Crippen LogP contribution is 2.36. The van der Waals surface area contributed by atoms with E-state index >= 15 is 0 Å². The first-order valence-corrected chi connectivity index (χ1v) is 9.00. The highest BCUT2D eigenvalue weighted by atomic mass is 16.7. The molecular weight excluding hydrogens is 364 g/mol. The van der Waals surface area contributed by atoms with E-state index in [0.29, 0.717) is 23.9 Å². The Labute approximate surface area is 163 Å². The summed E-state index contributed by atoms with van der Waals surface area (Å²) in [6, 6.07) is 12.4. The normalized spacial score (nSPS) is 15.0. The summed E-state index contributed by atoms with van der Waals surface area (Å²) < 4.78 is 25.5. The van der Waals surface area contributed by atoms with Crippen LogP contribution in [-0.2, 0) is 9.47 Å². The van der Waals surface area contributed by atoms with Crippen LogP contribution < -0.4 is 14.2 Å². The number of carbonyl (C=O) groups excluding carboxylic acids is 2. The molecule has 0 saturated carbocycles. The molecule has 1 unspecified atom stereocenters. The molecule has 0 bridgehead atoms. The molecule has 2 aromatic rings. The Morgan fingerprint density at radius 2 is 1.54 bits per heavy atom. The molecule has 0 spiro atoms. The first-order chi connectivity index (χ1) is 13.6. The van der Waals surface area contributed by atoms with Gasteiger partial charge >= 0.3 is 12.3 Å². The number of fused-ring (bicyclic) bond motifs is 1. The Hall–Kier alpha value is -3.22. The summed E-state index contributed by atoms with van der Waals surface area (Å²) in [5.41, 5.74) is 1.92. The Morgan fingerprint density at radius 1 is 0.929 bits per heavy atom. The molecule has 0 N–H and O–H groups in total. The van der Waals surface area contributed by atoms with Gasteiger partial charge in [-0.2, -0.15) is 0 Å². The molecule has 0 amide bonds. The highest BCUT2D eigenvalue weighted by Gasteiger charge is 2.23. The summed E-state index contributed by atoms with van der Waals surface area (Å²) in [7, 11) is 0. The van der Waals surface area contributed by atoms with E-state index in [-0.39, 0.29) is 19.1 Å². The molecule has 1 radical (unpaired) electrons. The van der Waals surface area contributed by atoms with Crippen molar-refractivity contribution < 1.29 is 33.3 Å². The van der Waals surface area contributed by atoms with Gasteiger partial charge in [0.2, 0.25) is 0 Å². The fourth-order valence-electron chi connectivity index (χ4n) is 2.75. The number of rotatable bonds is 5. The first-order valence-electron chi connectivity index (χ1n) is 9.00. The molecule has 0 fully saturated rings. The average Bonchev–Trinajstić information content (AvgIpc) is 2.68. The lowest BCUT2D eigenvalue weighted by Crippen LogP contribution is -2.18. The smallest absolute Gasteiger partial charge is 0.492 e. The molecular formula is C21H21O7. The summed E-state index contributed by atoms with van der Waals surface area (Å²) in [4.78, 5) is 22.8. The van der Waals surface area contributed by atoms with Crippen molar-refractivity contribution in [3.05, 3.63) is 60.0 Å². The third-order valence-electron chi connectivity index (χ3n) is 4.02. The van der Waals surface area contributed by atoms with E-state index in [4.69, 9.17) is 23.7 Å². The average molecular weight is 385 g/mol. The molecule has 7 heteroatoms. The van der Waals surface area contributed by atoms with Gasteiger partial charge in [-0.25, -0.2) is 9.59 Å². The molecule has 3 rings (SSSR count). The molecule has 2 aromatic carbocycles. The minimum Gasteiger partial charge on any atom is -0.492 e. The van der Waals surface area contributed by atoms with Crippen LogP contribution in [-0.4, -0.2) is 32.1 Å². The topological polar surface area (TPSA) is 80.3 Å². The molecule has 0 saturated heterocycles. The van der Waals surface area contributed by atoms with Crippen molar-refractivity contribution in [3.8, 4) is 17.2 Å². The Balaban J connectivity index is 1.63. The number of carbonyl (C=O) groups is 2. The summed E-state index contributed by atoms with van der Waals surface area (Å²) >= 11 is 0. The number of hydrogen-bond acceptors (Lipinski definition) is 7. The van der Waals surface area contributed by atoms with Gasteiger partial charge in [0.05, 0.1) is 19.8 Å². The van der Waals surface area contributed by atoms with Gasteiger partial charge in [0.25, 0.3) is 0 Å². The van der Waals surface area contributed by atoms with Gasteiger partial charge in [-0.15, -0.1) is 0 Å². The van der Waals surface area contributed by atoms with Gasteiger partial charge < -0.3 is 23.7 Å². The summed E-state index contributed by atoms with van der Waals surface area (Å²) in [6.07, 6.45) is 0.608. The molecule has 1 atom stereocenters. The van der Waals surface area contributed by atoms with Gasteiger partial charge in [0.15, 0.2) is 0 Å². The fourth-order valence-corrected chi connectivity index (χ4v) is 2.75. The fraction of sp³-hybridized carbons (Fsp3) is 0.286. The van der Waals surface area contributed by atoms with Gasteiger partial charge in [-0.3, -0.25) is 0 Å². The molecule has 147 valence electrons. The van der Waals surface area contributed by atoms with E-state index in [1.54, 1.807) is 38.1 Å². The van der Waals surface area contributed by atoms with Gasteiger partial charge in [-0.1, -0.05) is 18.2 Å². The maximum Gasteiger partial charge on any atom is 0.513 e. The van der Waals surface area contributed by atoms with Crippen LogP contribution in [0.3, 0.4) is 0 Å². The van der Waals surface area contributed by atoms with Crippen molar-refractivity contribution in [2.24, 2.45) is 0 Å². The maximum atomic E-state index is 11.4. The zero-order valence-corrected chi connectivity index (χ0v) is 15.7. The Bertz CT molecular complexity index is 829. The molecule has 1 aliphatic rings. The maximum absolute atomic E-state index is 11.4. The third-order valence-corrected chi connectivity index (χ3v) is 4.02. The van der Waals surface area contributed by atoms with E-state index in [1.165, 1.54) is 0 Å². The lowest BCUT2D eigenvalue weighted by molar-refractivity contribution is 0.103. The van der Waals surface area contributed by atoms with E-state index in [2.05, 4.69) is 6.42 Å². The van der Waals surface area contributed by atoms with Crippen molar-refractivity contribution in [1.29, 1.82) is 0 Å². The van der Waals surface area contributed by atoms with Crippen molar-refractivity contribution in [3.63, 3.8) is 0 Å². The zero-order valence-electron chi connectivity index (χ0n) is 15.7. The quantitative estimate of drug-likeness (QED) is 0.554. The second kappa shape index (κ2) is 9.12. The van der Waals surface area contributed by atoms with Crippen LogP contribution in [0.2, 0.25) is 0 Å². The van der Waals surface area contributed by atoms with Crippen LogP contribution in [0, 0.1) is 6.42 Å². The zero-order chi connectivity index (χ0) is 19.9. The molecule has 1 heterocycles. The van der Waals surface area contributed by atoms with Crippen LogP contribution in [0.5, 0.6) is 17.2 Å². The van der Waals surface area contributed by atoms with Gasteiger partial charge in [0.1, 0.15) is 17.2 Å². The summed E-state index contributed by atoms with van der Waals surface area (Å²) in [5.74, 6) is 1.46. The van der Waals surface area contributed by atoms with Gasteiger partial charge in [0, 0.05) is 18.4 Å². The van der Waals surface area contributed by atoms with Crippen LogP contribution in [0.4, 0.5) is 9.59 Å². The molecule has 7 nitrogen and oxygen atoms in total. The van der Waals surface area contributed by atoms with Crippen LogP contribution in [0.15, 0.2) is 42.5 Å². The standard InChI is InChI=1S/C21H21O7/c1-3-24-20(22)27-17-8-5-14(6-9-17)16-11-15-7-10-18(12-19(15)26-13-16)28-21(23)25-4-2/h5-12,16H,3-4,13H2,1-2H3. The number of benzene rings is 2. The number of ether oxygens (including phenoxy) is 5. The third kappa shape index (κ3) is 4.94. The molecule has 0 aromatic heterocycles. The minimum absolute atomic E-state index is 0.0426. The monoisotopic (exact) mass is 385 g/mol. The summed E-state index contributed by atoms with van der Waals surface area (Å²) in [5, 5.41) is 0. The van der Waals surface area contributed by atoms with E-state index < -0.39 is 12.3 Å². The van der Waals surface area contributed by atoms with Crippen LogP contribution >= 0.6 is 0 Å². The molecule has 0 aliphatic carbocycles. The largest absolute Gasteiger partial charge is 0.513 e. The van der Waals surface area contributed by atoms with E-state index in [1.807, 2.05) is 18.2 Å². The second-order valence-electron chi connectivity index (χ2n) is 5.92. The lowest BCUT2D eigenvalue weighted by Gasteiger charge is -2.25. The van der Waals surface area contributed by atoms with Crippen LogP contribution in [0.25, 0.3) is 0 Å². The Morgan fingerprint density at radius 3 is 2.18 bits per heavy atom. The molecule has 1 aliphatic heterocycles. The second-order valence-corrected chi connectivity index (χ2v) is 5.92. The predicted octanol–water partition coefficient (Wildman–Crippen LogP) is 4.49. The van der Waals surface area contributed by atoms with Crippen molar-refractivity contribution in [2.75, 3.05) is 19.8 Å². The SMILES string of the molecule is CCOC(=O)Oc1ccc(C2[CH]c3ccc(OC(=O)OCC)cc3OC2)cc1. The van der Waals surface area contributed by atoms with E-state index in [9.17, 15) is 9.59 Å². The number of hydrogen-bond donors (Lipinski definition) is 0. The Kier molecular flexibility index (Phi) is 6.37. The van der Waals surface area contributed by atoms with Gasteiger partial charge in [-0.05, 0) is 43.2 Å². The van der Waals surface area contributed by atoms with Crippen molar-refractivity contribution in [2.45, 2.75) is 19.8 Å². The molecule has 28 heavy (non-hydrogen) atoms.